The van der Waals surface area contributed by atoms with Gasteiger partial charge in [-0.3, -0.25) is 9.48 Å². The minimum Gasteiger partial charge on any atom is -0.349 e. The van der Waals surface area contributed by atoms with E-state index >= 15 is 0 Å². The van der Waals surface area contributed by atoms with Crippen molar-refractivity contribution in [3.05, 3.63) is 17.5 Å². The van der Waals surface area contributed by atoms with Crippen molar-refractivity contribution in [2.24, 2.45) is 13.0 Å². The lowest BCUT2D eigenvalue weighted by Gasteiger charge is -2.07. The van der Waals surface area contributed by atoms with E-state index in [9.17, 15) is 4.79 Å². The van der Waals surface area contributed by atoms with Crippen LogP contribution in [0.4, 0.5) is 0 Å². The number of aryl methyl sites for hydroxylation is 1. The Morgan fingerprint density at radius 2 is 2.06 bits per heavy atom. The number of nitrogens with one attached hydrogen (secondary N) is 1. The fourth-order valence-electron chi connectivity index (χ4n) is 1.30. The van der Waals surface area contributed by atoms with Crippen molar-refractivity contribution in [3.8, 4) is 11.8 Å². The minimum atomic E-state index is -0.118. The van der Waals surface area contributed by atoms with Crippen molar-refractivity contribution in [1.29, 1.82) is 0 Å². The van der Waals surface area contributed by atoms with Gasteiger partial charge in [-0.15, -0.1) is 0 Å². The maximum atomic E-state index is 11.8. The SMILES string of the molecule is CC(C)C#Cc1cc(C(=O)NC(C)C)n(C)n1. The Morgan fingerprint density at radius 1 is 1.41 bits per heavy atom. The topological polar surface area (TPSA) is 46.9 Å². The molecule has 0 aliphatic carbocycles. The normalized spacial score (nSPS) is 10.3. The Labute approximate surface area is 102 Å². The van der Waals surface area contributed by atoms with Gasteiger partial charge in [0.15, 0.2) is 0 Å². The summed E-state index contributed by atoms with van der Waals surface area (Å²) in [6.07, 6.45) is 0. The smallest absolute Gasteiger partial charge is 0.269 e. The summed E-state index contributed by atoms with van der Waals surface area (Å²) in [5.74, 6) is 6.15. The predicted molar refractivity (Wildman–Crippen MR) is 67.5 cm³/mol. The predicted octanol–water partition coefficient (Wildman–Crippen LogP) is 1.57. The van der Waals surface area contributed by atoms with Crippen molar-refractivity contribution >= 4 is 5.91 Å². The summed E-state index contributed by atoms with van der Waals surface area (Å²) < 4.78 is 1.56. The molecule has 0 unspecified atom stereocenters. The van der Waals surface area contributed by atoms with E-state index < -0.39 is 0 Å². The number of aromatic nitrogens is 2. The molecular weight excluding hydrogens is 214 g/mol. The van der Waals surface area contributed by atoms with Crippen LogP contribution in [-0.2, 0) is 7.05 Å². The summed E-state index contributed by atoms with van der Waals surface area (Å²) in [5, 5.41) is 7.02. The summed E-state index contributed by atoms with van der Waals surface area (Å²) >= 11 is 0. The zero-order valence-electron chi connectivity index (χ0n) is 11.0. The number of nitrogens with zero attached hydrogens (tertiary/aromatic N) is 2. The minimum absolute atomic E-state index is 0.114. The number of carbonyl (C=O) groups is 1. The summed E-state index contributed by atoms with van der Waals surface area (Å²) in [5.41, 5.74) is 1.17. The third-order valence-electron chi connectivity index (χ3n) is 2.02. The molecule has 0 atom stereocenters. The quantitative estimate of drug-likeness (QED) is 0.788. The molecule has 0 aromatic carbocycles. The van der Waals surface area contributed by atoms with Gasteiger partial charge < -0.3 is 5.32 Å². The maximum Gasteiger partial charge on any atom is 0.269 e. The van der Waals surface area contributed by atoms with Gasteiger partial charge >= 0.3 is 0 Å². The van der Waals surface area contributed by atoms with Crippen molar-refractivity contribution in [3.63, 3.8) is 0 Å². The van der Waals surface area contributed by atoms with Gasteiger partial charge in [0.05, 0.1) is 0 Å². The first kappa shape index (κ1) is 13.3. The molecule has 0 fully saturated rings. The van der Waals surface area contributed by atoms with Crippen LogP contribution in [0.15, 0.2) is 6.07 Å². The second-order valence-electron chi connectivity index (χ2n) is 4.59. The Morgan fingerprint density at radius 3 is 2.59 bits per heavy atom. The molecule has 0 spiro atoms. The first-order chi connectivity index (χ1) is 7.90. The van der Waals surface area contributed by atoms with E-state index in [1.54, 1.807) is 17.8 Å². The molecule has 0 radical (unpaired) electrons. The van der Waals surface area contributed by atoms with Gasteiger partial charge in [-0.05, 0) is 19.8 Å². The Balaban J connectivity index is 2.90. The molecule has 0 aliphatic rings. The van der Waals surface area contributed by atoms with Gasteiger partial charge in [0.25, 0.3) is 5.91 Å². The van der Waals surface area contributed by atoms with Gasteiger partial charge in [0.2, 0.25) is 0 Å². The van der Waals surface area contributed by atoms with E-state index in [1.807, 2.05) is 27.7 Å². The van der Waals surface area contributed by atoms with E-state index in [2.05, 4.69) is 22.3 Å². The number of rotatable bonds is 2. The average molecular weight is 233 g/mol. The summed E-state index contributed by atoms with van der Waals surface area (Å²) in [6.45, 7) is 7.88. The van der Waals surface area contributed by atoms with Gasteiger partial charge in [-0.1, -0.05) is 19.8 Å². The lowest BCUT2D eigenvalue weighted by atomic mass is 10.2. The van der Waals surface area contributed by atoms with Crippen LogP contribution in [0.2, 0.25) is 0 Å². The molecule has 1 aromatic heterocycles. The molecule has 0 saturated carbocycles. The monoisotopic (exact) mass is 233 g/mol. The molecule has 92 valence electrons. The van der Waals surface area contributed by atoms with Crippen LogP contribution in [0.25, 0.3) is 0 Å². The maximum absolute atomic E-state index is 11.8. The largest absolute Gasteiger partial charge is 0.349 e. The van der Waals surface area contributed by atoms with Crippen LogP contribution in [-0.4, -0.2) is 21.7 Å². The van der Waals surface area contributed by atoms with Gasteiger partial charge in [0.1, 0.15) is 11.4 Å². The average Bonchev–Trinajstić information content (AvgIpc) is 2.55. The van der Waals surface area contributed by atoms with Crippen molar-refractivity contribution in [2.75, 3.05) is 0 Å². The highest BCUT2D eigenvalue weighted by atomic mass is 16.2. The molecule has 0 saturated heterocycles. The van der Waals surface area contributed by atoms with Crippen LogP contribution in [0.1, 0.15) is 43.9 Å². The molecule has 1 rings (SSSR count). The first-order valence-corrected chi connectivity index (χ1v) is 5.76. The highest BCUT2D eigenvalue weighted by molar-refractivity contribution is 5.93. The lowest BCUT2D eigenvalue weighted by molar-refractivity contribution is 0.0933. The third kappa shape index (κ3) is 3.95. The van der Waals surface area contributed by atoms with Crippen molar-refractivity contribution in [1.82, 2.24) is 15.1 Å². The molecule has 0 aliphatic heterocycles. The Hall–Kier alpha value is -1.76. The van der Waals surface area contributed by atoms with Gasteiger partial charge in [-0.25, -0.2) is 0 Å². The van der Waals surface area contributed by atoms with E-state index in [-0.39, 0.29) is 11.9 Å². The molecule has 1 amide bonds. The van der Waals surface area contributed by atoms with Crippen LogP contribution in [0, 0.1) is 17.8 Å². The van der Waals surface area contributed by atoms with Gasteiger partial charge in [-0.2, -0.15) is 5.10 Å². The van der Waals surface area contributed by atoms with Crippen molar-refractivity contribution in [2.45, 2.75) is 33.7 Å². The molecule has 1 heterocycles. The Kier molecular flexibility index (Phi) is 4.33. The fourth-order valence-corrected chi connectivity index (χ4v) is 1.30. The third-order valence-corrected chi connectivity index (χ3v) is 2.02. The summed E-state index contributed by atoms with van der Waals surface area (Å²) in [6, 6.07) is 1.83. The zero-order chi connectivity index (χ0) is 13.0. The number of carbonyl (C=O) groups excluding carboxylic acids is 1. The second kappa shape index (κ2) is 5.53. The van der Waals surface area contributed by atoms with Crippen LogP contribution >= 0.6 is 0 Å². The van der Waals surface area contributed by atoms with Gasteiger partial charge in [0, 0.05) is 25.1 Å². The van der Waals surface area contributed by atoms with Crippen LogP contribution in [0.5, 0.6) is 0 Å². The first-order valence-electron chi connectivity index (χ1n) is 5.76. The van der Waals surface area contributed by atoms with E-state index in [0.717, 1.165) is 0 Å². The van der Waals surface area contributed by atoms with Crippen LogP contribution in [0.3, 0.4) is 0 Å². The Bertz CT molecular complexity index is 461. The molecule has 4 nitrogen and oxygen atoms in total. The summed E-state index contributed by atoms with van der Waals surface area (Å²) in [7, 11) is 1.75. The summed E-state index contributed by atoms with van der Waals surface area (Å²) in [4.78, 5) is 11.8. The highest BCUT2D eigenvalue weighted by Crippen LogP contribution is 2.03. The number of hydrogen-bond donors (Lipinski definition) is 1. The van der Waals surface area contributed by atoms with Crippen molar-refractivity contribution < 1.29 is 4.79 Å². The lowest BCUT2D eigenvalue weighted by Crippen LogP contribution is -2.31. The molecular formula is C13H19N3O. The molecule has 1 N–H and O–H groups in total. The van der Waals surface area contributed by atoms with E-state index in [0.29, 0.717) is 17.3 Å². The molecule has 0 bridgehead atoms. The standard InChI is InChI=1S/C13H19N3O/c1-9(2)6-7-11-8-12(16(5)15-11)13(17)14-10(3)4/h8-10H,1-5H3,(H,14,17). The fraction of sp³-hybridized carbons (Fsp3) is 0.538. The molecule has 4 heteroatoms. The highest BCUT2D eigenvalue weighted by Gasteiger charge is 2.12. The van der Waals surface area contributed by atoms with Crippen LogP contribution < -0.4 is 5.32 Å². The van der Waals surface area contributed by atoms with E-state index in [1.165, 1.54) is 0 Å². The zero-order valence-corrected chi connectivity index (χ0v) is 11.0. The number of amides is 1. The number of hydrogen-bond acceptors (Lipinski definition) is 2. The second-order valence-corrected chi connectivity index (χ2v) is 4.59. The molecule has 17 heavy (non-hydrogen) atoms. The molecule has 1 aromatic rings. The van der Waals surface area contributed by atoms with E-state index in [4.69, 9.17) is 0 Å².